The number of rotatable bonds is 9. The number of nitrogens with two attached hydrogens (primary N) is 1. The zero-order chi connectivity index (χ0) is 15.0. The number of methoxy groups -OCH3 is 2. The molecule has 8 heteroatoms. The van der Waals surface area contributed by atoms with E-state index in [2.05, 4.69) is 0 Å². The van der Waals surface area contributed by atoms with Crippen LogP contribution in [0.2, 0.25) is 0 Å². The minimum absolute atomic E-state index is 0.0453. The fraction of sp³-hybridized carbons (Fsp3) is 0.500. The molecule has 0 aliphatic heterocycles. The van der Waals surface area contributed by atoms with Crippen molar-refractivity contribution < 1.29 is 27.4 Å². The largest absolute Gasteiger partial charge is 0.496 e. The van der Waals surface area contributed by atoms with E-state index >= 15 is 0 Å². The molecule has 1 rings (SSSR count). The number of sulfonamides is 1. The van der Waals surface area contributed by atoms with E-state index < -0.39 is 10.0 Å². The summed E-state index contributed by atoms with van der Waals surface area (Å²) in [5.41, 5.74) is 0. The van der Waals surface area contributed by atoms with Crippen LogP contribution in [0.5, 0.6) is 17.2 Å². The van der Waals surface area contributed by atoms with Gasteiger partial charge >= 0.3 is 0 Å². The van der Waals surface area contributed by atoms with E-state index in [1.807, 2.05) is 0 Å². The highest BCUT2D eigenvalue weighted by atomic mass is 32.2. The average Bonchev–Trinajstić information content (AvgIpc) is 2.41. The highest BCUT2D eigenvalue weighted by Crippen LogP contribution is 2.27. The smallest absolute Gasteiger partial charge is 0.211 e. The molecule has 1 aromatic rings. The van der Waals surface area contributed by atoms with Crippen LogP contribution in [0, 0.1) is 0 Å². The average molecular weight is 305 g/mol. The first-order chi connectivity index (χ1) is 9.44. The first-order valence-electron chi connectivity index (χ1n) is 5.88. The lowest BCUT2D eigenvalue weighted by Crippen LogP contribution is -2.21. The SMILES string of the molecule is COc1cc(OC)cc(OCCOCCS(N)(=O)=O)c1. The first kappa shape index (κ1) is 16.5. The Labute approximate surface area is 118 Å². The van der Waals surface area contributed by atoms with E-state index in [9.17, 15) is 8.42 Å². The van der Waals surface area contributed by atoms with Crippen LogP contribution in [0.3, 0.4) is 0 Å². The molecule has 2 N–H and O–H groups in total. The fourth-order valence-corrected chi connectivity index (χ4v) is 1.71. The lowest BCUT2D eigenvalue weighted by Gasteiger charge is -2.10. The highest BCUT2D eigenvalue weighted by Gasteiger charge is 2.04. The van der Waals surface area contributed by atoms with Crippen LogP contribution in [0.4, 0.5) is 0 Å². The highest BCUT2D eigenvalue weighted by molar-refractivity contribution is 7.89. The summed E-state index contributed by atoms with van der Waals surface area (Å²) in [4.78, 5) is 0. The quantitative estimate of drug-likeness (QED) is 0.663. The lowest BCUT2D eigenvalue weighted by molar-refractivity contribution is 0.111. The minimum Gasteiger partial charge on any atom is -0.496 e. The summed E-state index contributed by atoms with van der Waals surface area (Å²) in [7, 11) is -0.379. The van der Waals surface area contributed by atoms with E-state index in [1.54, 1.807) is 32.4 Å². The van der Waals surface area contributed by atoms with Crippen LogP contribution >= 0.6 is 0 Å². The summed E-state index contributed by atoms with van der Waals surface area (Å²) in [6, 6.07) is 5.16. The van der Waals surface area contributed by atoms with Gasteiger partial charge in [-0.15, -0.1) is 0 Å². The molecule has 0 saturated heterocycles. The summed E-state index contributed by atoms with van der Waals surface area (Å²) in [5.74, 6) is 1.61. The molecule has 0 saturated carbocycles. The van der Waals surface area contributed by atoms with E-state index in [0.29, 0.717) is 17.2 Å². The molecule has 0 radical (unpaired) electrons. The number of ether oxygens (including phenoxy) is 4. The van der Waals surface area contributed by atoms with Gasteiger partial charge in [-0.05, 0) is 0 Å². The maximum atomic E-state index is 10.7. The van der Waals surface area contributed by atoms with Crippen LogP contribution < -0.4 is 19.3 Å². The summed E-state index contributed by atoms with van der Waals surface area (Å²) in [6.45, 7) is 0.583. The van der Waals surface area contributed by atoms with Gasteiger partial charge in [0.25, 0.3) is 0 Å². The Morgan fingerprint density at radius 1 is 0.950 bits per heavy atom. The standard InChI is InChI=1S/C12H19NO6S/c1-16-10-7-11(17-2)9-12(8-10)19-4-3-18-5-6-20(13,14)15/h7-9H,3-6H2,1-2H3,(H2,13,14,15). The van der Waals surface area contributed by atoms with Gasteiger partial charge in [-0.25, -0.2) is 13.6 Å². The van der Waals surface area contributed by atoms with E-state index in [1.165, 1.54) is 0 Å². The van der Waals surface area contributed by atoms with Crippen LogP contribution in [-0.2, 0) is 14.8 Å². The van der Waals surface area contributed by atoms with Gasteiger partial charge in [0.2, 0.25) is 10.0 Å². The molecular weight excluding hydrogens is 286 g/mol. The molecular formula is C12H19NO6S. The third kappa shape index (κ3) is 6.60. The van der Waals surface area contributed by atoms with Crippen molar-refractivity contribution in [3.63, 3.8) is 0 Å². The lowest BCUT2D eigenvalue weighted by atomic mass is 10.3. The second-order valence-corrected chi connectivity index (χ2v) is 5.61. The van der Waals surface area contributed by atoms with Crippen molar-refractivity contribution in [1.82, 2.24) is 0 Å². The summed E-state index contributed by atoms with van der Waals surface area (Å²) in [6.07, 6.45) is 0. The van der Waals surface area contributed by atoms with Gasteiger partial charge < -0.3 is 18.9 Å². The molecule has 0 bridgehead atoms. The molecule has 0 spiro atoms. The van der Waals surface area contributed by atoms with Crippen LogP contribution in [0.15, 0.2) is 18.2 Å². The van der Waals surface area contributed by atoms with E-state index in [4.69, 9.17) is 24.1 Å². The first-order valence-corrected chi connectivity index (χ1v) is 7.60. The second-order valence-electron chi connectivity index (χ2n) is 3.88. The van der Waals surface area contributed by atoms with Crippen LogP contribution in [0.25, 0.3) is 0 Å². The van der Waals surface area contributed by atoms with Crippen molar-refractivity contribution in [2.24, 2.45) is 5.14 Å². The third-order valence-electron chi connectivity index (χ3n) is 2.33. The Morgan fingerprint density at radius 3 is 2.00 bits per heavy atom. The Kier molecular flexibility index (Phi) is 6.56. The molecule has 7 nitrogen and oxygen atoms in total. The summed E-state index contributed by atoms with van der Waals surface area (Å²) >= 11 is 0. The van der Waals surface area contributed by atoms with Crippen molar-refractivity contribution in [1.29, 1.82) is 0 Å². The van der Waals surface area contributed by atoms with Crippen molar-refractivity contribution in [3.8, 4) is 17.2 Å². The number of primary sulfonamides is 1. The molecule has 0 aromatic heterocycles. The molecule has 114 valence electrons. The van der Waals surface area contributed by atoms with Crippen LogP contribution in [-0.4, -0.2) is 48.2 Å². The number of benzene rings is 1. The summed E-state index contributed by atoms with van der Waals surface area (Å²) < 4.78 is 42.1. The Hall–Kier alpha value is -1.51. The number of hydrogen-bond donors (Lipinski definition) is 1. The number of hydrogen-bond acceptors (Lipinski definition) is 6. The van der Waals surface area contributed by atoms with Crippen LogP contribution in [0.1, 0.15) is 0 Å². The second kappa shape index (κ2) is 7.93. The van der Waals surface area contributed by atoms with Crippen molar-refractivity contribution in [2.75, 3.05) is 39.8 Å². The van der Waals surface area contributed by atoms with Gasteiger partial charge in [-0.1, -0.05) is 0 Å². The molecule has 1 aromatic carbocycles. The van der Waals surface area contributed by atoms with Gasteiger partial charge in [0.15, 0.2) is 0 Å². The Balaban J connectivity index is 2.34. The molecule has 0 atom stereocenters. The van der Waals surface area contributed by atoms with Gasteiger partial charge in [0.1, 0.15) is 23.9 Å². The monoisotopic (exact) mass is 305 g/mol. The molecule has 20 heavy (non-hydrogen) atoms. The zero-order valence-electron chi connectivity index (χ0n) is 11.5. The van der Waals surface area contributed by atoms with Gasteiger partial charge in [-0.2, -0.15) is 0 Å². The molecule has 0 unspecified atom stereocenters. The van der Waals surface area contributed by atoms with Crippen molar-refractivity contribution >= 4 is 10.0 Å². The van der Waals surface area contributed by atoms with Gasteiger partial charge in [0, 0.05) is 18.2 Å². The Bertz CT molecular complexity index is 494. The molecule has 0 aliphatic carbocycles. The maximum Gasteiger partial charge on any atom is 0.211 e. The minimum atomic E-state index is -3.48. The van der Waals surface area contributed by atoms with Gasteiger partial charge in [-0.3, -0.25) is 0 Å². The molecule has 0 heterocycles. The molecule has 0 aliphatic rings. The van der Waals surface area contributed by atoms with Crippen molar-refractivity contribution in [3.05, 3.63) is 18.2 Å². The molecule has 0 amide bonds. The Morgan fingerprint density at radius 2 is 1.50 bits per heavy atom. The van der Waals surface area contributed by atoms with E-state index in [0.717, 1.165) is 0 Å². The van der Waals surface area contributed by atoms with E-state index in [-0.39, 0.29) is 25.6 Å². The predicted molar refractivity (Wildman–Crippen MR) is 73.8 cm³/mol. The van der Waals surface area contributed by atoms with Crippen molar-refractivity contribution in [2.45, 2.75) is 0 Å². The normalized spacial score (nSPS) is 11.2. The summed E-state index contributed by atoms with van der Waals surface area (Å²) in [5, 5.41) is 4.84. The third-order valence-corrected chi connectivity index (χ3v) is 3.07. The fourth-order valence-electron chi connectivity index (χ4n) is 1.36. The maximum absolute atomic E-state index is 10.7. The molecule has 0 fully saturated rings. The topological polar surface area (TPSA) is 97.1 Å². The predicted octanol–water partition coefficient (Wildman–Crippen LogP) is 0.388. The van der Waals surface area contributed by atoms with Gasteiger partial charge in [0.05, 0.1) is 33.2 Å². The zero-order valence-corrected chi connectivity index (χ0v) is 12.3.